The Morgan fingerprint density at radius 2 is 1.67 bits per heavy atom. The van der Waals surface area contributed by atoms with E-state index in [1.165, 1.54) is 31.2 Å². The molecule has 0 radical (unpaired) electrons. The Labute approximate surface area is 155 Å². The zero-order valence-electron chi connectivity index (χ0n) is 15.0. The van der Waals surface area contributed by atoms with Gasteiger partial charge in [-0.1, -0.05) is 24.8 Å². The summed E-state index contributed by atoms with van der Waals surface area (Å²) >= 11 is 0. The maximum Gasteiger partial charge on any atom is 0.338 e. The Bertz CT molecular complexity index is 932. The molecule has 140 valence electrons. The molecule has 0 aliphatic carbocycles. The highest BCUT2D eigenvalue weighted by Gasteiger charge is 2.14. The minimum absolute atomic E-state index is 0.0267. The number of hydrogen-bond acceptors (Lipinski definition) is 4. The third kappa shape index (κ3) is 5.34. The van der Waals surface area contributed by atoms with Gasteiger partial charge in [0, 0.05) is 17.2 Å². The van der Waals surface area contributed by atoms with Crippen molar-refractivity contribution in [1.82, 2.24) is 0 Å². The molecule has 2 aromatic rings. The number of benzene rings is 2. The lowest BCUT2D eigenvalue weighted by molar-refractivity contribution is -0.133. The minimum Gasteiger partial charge on any atom is -0.426 e. The van der Waals surface area contributed by atoms with E-state index < -0.39 is 23.6 Å². The van der Waals surface area contributed by atoms with Crippen LogP contribution in [-0.2, 0) is 9.59 Å². The number of hydrogen-bond donors (Lipinski definition) is 0. The molecule has 0 aromatic heterocycles. The Kier molecular flexibility index (Phi) is 6.23. The van der Waals surface area contributed by atoms with Crippen molar-refractivity contribution in [2.45, 2.75) is 20.3 Å². The average molecular weight is 372 g/mol. The van der Waals surface area contributed by atoms with Crippen molar-refractivity contribution in [1.29, 1.82) is 0 Å². The van der Waals surface area contributed by atoms with Crippen LogP contribution in [0.4, 0.5) is 8.78 Å². The van der Waals surface area contributed by atoms with E-state index in [1.54, 1.807) is 6.92 Å². The van der Waals surface area contributed by atoms with Crippen LogP contribution in [0.5, 0.6) is 11.5 Å². The van der Waals surface area contributed by atoms with E-state index in [9.17, 15) is 18.4 Å². The molecule has 0 unspecified atom stereocenters. The van der Waals surface area contributed by atoms with Crippen molar-refractivity contribution in [3.63, 3.8) is 0 Å². The molecular weight excluding hydrogens is 354 g/mol. The molecule has 4 nitrogen and oxygen atoms in total. The van der Waals surface area contributed by atoms with Gasteiger partial charge in [-0.15, -0.1) is 0 Å². The standard InChI is InChI=1S/C21H18F2O4/c1-12(2)9-20(24)26-15-6-7-16(17(22)11-15)14-5-8-19(18(23)10-14)27-21(25)13(3)4/h5-8,10-11H,1,3,9H2,2,4H3. The monoisotopic (exact) mass is 372 g/mol. The zero-order chi connectivity index (χ0) is 20.1. The zero-order valence-corrected chi connectivity index (χ0v) is 15.0. The highest BCUT2D eigenvalue weighted by atomic mass is 19.1. The second-order valence-corrected chi connectivity index (χ2v) is 6.06. The van der Waals surface area contributed by atoms with Crippen molar-refractivity contribution < 1.29 is 27.8 Å². The number of ether oxygens (including phenoxy) is 2. The lowest BCUT2D eigenvalue weighted by Crippen LogP contribution is -2.09. The summed E-state index contributed by atoms with van der Waals surface area (Å²) in [7, 11) is 0. The lowest BCUT2D eigenvalue weighted by Gasteiger charge is -2.10. The molecule has 0 saturated carbocycles. The van der Waals surface area contributed by atoms with Crippen LogP contribution in [0.3, 0.4) is 0 Å². The van der Waals surface area contributed by atoms with Crippen LogP contribution in [0.2, 0.25) is 0 Å². The van der Waals surface area contributed by atoms with E-state index in [0.717, 1.165) is 12.1 Å². The van der Waals surface area contributed by atoms with Crippen molar-refractivity contribution in [2.75, 3.05) is 0 Å². The van der Waals surface area contributed by atoms with Gasteiger partial charge < -0.3 is 9.47 Å². The van der Waals surface area contributed by atoms with Gasteiger partial charge in [-0.2, -0.15) is 0 Å². The van der Waals surface area contributed by atoms with Crippen LogP contribution in [0.25, 0.3) is 11.1 Å². The van der Waals surface area contributed by atoms with Crippen LogP contribution in [0, 0.1) is 11.6 Å². The van der Waals surface area contributed by atoms with Gasteiger partial charge in [0.05, 0.1) is 6.42 Å². The van der Waals surface area contributed by atoms with Gasteiger partial charge in [-0.05, 0) is 43.7 Å². The molecule has 0 fully saturated rings. The summed E-state index contributed by atoms with van der Waals surface area (Å²) in [5.41, 5.74) is 1.09. The van der Waals surface area contributed by atoms with E-state index in [2.05, 4.69) is 13.2 Å². The Balaban J connectivity index is 2.22. The topological polar surface area (TPSA) is 52.6 Å². The molecule has 6 heteroatoms. The first-order chi connectivity index (χ1) is 12.7. The SMILES string of the molecule is C=C(C)CC(=O)Oc1ccc(-c2ccc(OC(=O)C(=C)C)c(F)c2)c(F)c1. The maximum absolute atomic E-state index is 14.4. The van der Waals surface area contributed by atoms with Crippen molar-refractivity contribution in [3.8, 4) is 22.6 Å². The number of carbonyl (C=O) groups is 2. The number of carbonyl (C=O) groups excluding carboxylic acids is 2. The fraction of sp³-hybridized carbons (Fsp3) is 0.143. The molecule has 27 heavy (non-hydrogen) atoms. The maximum atomic E-state index is 14.4. The van der Waals surface area contributed by atoms with Crippen LogP contribution in [0.15, 0.2) is 60.7 Å². The molecule has 2 rings (SSSR count). The highest BCUT2D eigenvalue weighted by Crippen LogP contribution is 2.30. The second-order valence-electron chi connectivity index (χ2n) is 6.06. The first-order valence-corrected chi connectivity index (χ1v) is 7.99. The fourth-order valence-electron chi connectivity index (χ4n) is 2.15. The molecule has 0 atom stereocenters. The number of esters is 2. The van der Waals surface area contributed by atoms with E-state index in [-0.39, 0.29) is 34.6 Å². The average Bonchev–Trinajstić information content (AvgIpc) is 2.56. The fourth-order valence-corrected chi connectivity index (χ4v) is 2.15. The predicted molar refractivity (Wildman–Crippen MR) is 97.3 cm³/mol. The van der Waals surface area contributed by atoms with Gasteiger partial charge in [0.1, 0.15) is 11.6 Å². The van der Waals surface area contributed by atoms with Gasteiger partial charge in [-0.3, -0.25) is 4.79 Å². The van der Waals surface area contributed by atoms with Gasteiger partial charge in [0.25, 0.3) is 0 Å². The van der Waals surface area contributed by atoms with Gasteiger partial charge >= 0.3 is 11.9 Å². The molecule has 0 aliphatic heterocycles. The van der Waals surface area contributed by atoms with Crippen molar-refractivity contribution >= 4 is 11.9 Å². The largest absolute Gasteiger partial charge is 0.426 e. The van der Waals surface area contributed by atoms with Crippen molar-refractivity contribution in [3.05, 3.63) is 72.3 Å². The molecular formula is C21H18F2O4. The third-order valence-corrected chi connectivity index (χ3v) is 3.41. The Morgan fingerprint density at radius 3 is 2.22 bits per heavy atom. The van der Waals surface area contributed by atoms with Crippen LogP contribution < -0.4 is 9.47 Å². The summed E-state index contributed by atoms with van der Waals surface area (Å²) in [4.78, 5) is 23.1. The molecule has 0 aliphatic rings. The highest BCUT2D eigenvalue weighted by molar-refractivity contribution is 5.88. The van der Waals surface area contributed by atoms with E-state index in [4.69, 9.17) is 9.47 Å². The molecule has 0 heterocycles. The summed E-state index contributed by atoms with van der Waals surface area (Å²) in [6, 6.07) is 7.50. The Morgan fingerprint density at radius 1 is 0.963 bits per heavy atom. The smallest absolute Gasteiger partial charge is 0.338 e. The van der Waals surface area contributed by atoms with Crippen molar-refractivity contribution in [2.24, 2.45) is 0 Å². The quantitative estimate of drug-likeness (QED) is 0.310. The van der Waals surface area contributed by atoms with E-state index in [1.807, 2.05) is 0 Å². The molecule has 0 spiro atoms. The molecule has 0 N–H and O–H groups in total. The summed E-state index contributed by atoms with van der Waals surface area (Å²) < 4.78 is 38.4. The third-order valence-electron chi connectivity index (χ3n) is 3.41. The molecule has 2 aromatic carbocycles. The molecule has 0 bridgehead atoms. The molecule has 0 amide bonds. The molecule has 0 saturated heterocycles. The number of rotatable bonds is 6. The van der Waals surface area contributed by atoms with Gasteiger partial charge in [-0.25, -0.2) is 13.6 Å². The summed E-state index contributed by atoms with van der Waals surface area (Å²) in [5, 5.41) is 0. The van der Waals surface area contributed by atoms with Crippen LogP contribution in [0.1, 0.15) is 20.3 Å². The van der Waals surface area contributed by atoms with Crippen LogP contribution in [-0.4, -0.2) is 11.9 Å². The summed E-state index contributed by atoms with van der Waals surface area (Å²) in [5.74, 6) is -3.06. The normalized spacial score (nSPS) is 10.2. The second kappa shape index (κ2) is 8.40. The van der Waals surface area contributed by atoms with E-state index >= 15 is 0 Å². The number of halogens is 2. The predicted octanol–water partition coefficient (Wildman–Crippen LogP) is 4.98. The van der Waals surface area contributed by atoms with Crippen LogP contribution >= 0.6 is 0 Å². The first kappa shape index (κ1) is 20.0. The van der Waals surface area contributed by atoms with Gasteiger partial charge in [0.2, 0.25) is 0 Å². The first-order valence-electron chi connectivity index (χ1n) is 7.99. The lowest BCUT2D eigenvalue weighted by atomic mass is 10.0. The minimum atomic E-state index is -0.821. The summed E-state index contributed by atoms with van der Waals surface area (Å²) in [6.45, 7) is 10.1. The Hall–Kier alpha value is -3.28. The summed E-state index contributed by atoms with van der Waals surface area (Å²) in [6.07, 6.45) is 0.0267. The van der Waals surface area contributed by atoms with Gasteiger partial charge in [0.15, 0.2) is 11.6 Å². The van der Waals surface area contributed by atoms with E-state index in [0.29, 0.717) is 5.57 Å².